The number of allylic oxidation sites excluding steroid dienone is 1. The molecule has 0 saturated carbocycles. The van der Waals surface area contributed by atoms with Crippen LogP contribution in [0.25, 0.3) is 16.6 Å². The molecule has 3 aromatic rings. The Morgan fingerprint density at radius 1 is 1.14 bits per heavy atom. The van der Waals surface area contributed by atoms with Crippen LogP contribution in [0.5, 0.6) is 0 Å². The summed E-state index contributed by atoms with van der Waals surface area (Å²) < 4.78 is 1.83. The van der Waals surface area contributed by atoms with E-state index in [2.05, 4.69) is 11.7 Å². The molecule has 0 fully saturated rings. The van der Waals surface area contributed by atoms with Crippen molar-refractivity contribution in [2.75, 3.05) is 14.1 Å². The van der Waals surface area contributed by atoms with Crippen LogP contribution >= 0.6 is 0 Å². The van der Waals surface area contributed by atoms with E-state index in [0.29, 0.717) is 6.42 Å². The highest BCUT2D eigenvalue weighted by molar-refractivity contribution is 5.83. The van der Waals surface area contributed by atoms with E-state index >= 15 is 0 Å². The fourth-order valence-electron chi connectivity index (χ4n) is 2.56. The second-order valence-corrected chi connectivity index (χ2v) is 5.56. The molecule has 0 saturated heterocycles. The molecule has 4 heteroatoms. The molecule has 1 N–H and O–H groups in total. The Morgan fingerprint density at radius 3 is 2.55 bits per heavy atom. The number of fused-ring (bicyclic) bond motifs is 1. The van der Waals surface area contributed by atoms with Gasteiger partial charge in [-0.3, -0.25) is 14.6 Å². The summed E-state index contributed by atoms with van der Waals surface area (Å²) in [4.78, 5) is 14.4. The molecular formula is C18H19N3O. The van der Waals surface area contributed by atoms with Gasteiger partial charge in [-0.15, -0.1) is 0 Å². The molecule has 0 aliphatic carbocycles. The number of para-hydroxylation sites is 1. The average molecular weight is 293 g/mol. The zero-order valence-corrected chi connectivity index (χ0v) is 12.8. The van der Waals surface area contributed by atoms with E-state index < -0.39 is 0 Å². The molecule has 22 heavy (non-hydrogen) atoms. The Hall–Kier alpha value is -2.75. The molecule has 1 heterocycles. The summed E-state index contributed by atoms with van der Waals surface area (Å²) in [6.07, 6.45) is 0.659. The highest BCUT2D eigenvalue weighted by Crippen LogP contribution is 2.21. The molecule has 0 spiro atoms. The lowest BCUT2D eigenvalue weighted by molar-refractivity contribution is 0.501. The van der Waals surface area contributed by atoms with E-state index in [-0.39, 0.29) is 5.56 Å². The second-order valence-electron chi connectivity index (χ2n) is 5.56. The molecule has 0 atom stereocenters. The molecule has 0 bridgehead atoms. The first-order chi connectivity index (χ1) is 10.6. The molecule has 112 valence electrons. The molecule has 0 aliphatic rings. The fraction of sp³-hybridized carbons (Fsp3) is 0.167. The first-order valence-corrected chi connectivity index (χ1v) is 7.21. The van der Waals surface area contributed by atoms with Crippen molar-refractivity contribution in [2.24, 2.45) is 0 Å². The number of benzene rings is 2. The predicted octanol–water partition coefficient (Wildman–Crippen LogP) is 2.94. The van der Waals surface area contributed by atoms with E-state index in [1.807, 2.05) is 72.2 Å². The van der Waals surface area contributed by atoms with Crippen LogP contribution < -0.4 is 5.56 Å². The Bertz CT molecular complexity index is 872. The summed E-state index contributed by atoms with van der Waals surface area (Å²) >= 11 is 0. The van der Waals surface area contributed by atoms with Crippen LogP contribution in [0.1, 0.15) is 5.56 Å². The summed E-state index contributed by atoms with van der Waals surface area (Å²) in [7, 11) is 3.92. The minimum Gasteiger partial charge on any atom is -0.381 e. The van der Waals surface area contributed by atoms with E-state index in [0.717, 1.165) is 27.9 Å². The topological polar surface area (TPSA) is 41.0 Å². The highest BCUT2D eigenvalue weighted by Gasteiger charge is 2.13. The zero-order chi connectivity index (χ0) is 15.7. The van der Waals surface area contributed by atoms with Gasteiger partial charge in [-0.1, -0.05) is 36.9 Å². The van der Waals surface area contributed by atoms with Crippen LogP contribution in [-0.2, 0) is 6.42 Å². The minimum atomic E-state index is -0.0685. The van der Waals surface area contributed by atoms with Crippen molar-refractivity contribution >= 4 is 10.9 Å². The monoisotopic (exact) mass is 293 g/mol. The third-order valence-corrected chi connectivity index (χ3v) is 3.85. The van der Waals surface area contributed by atoms with Crippen molar-refractivity contribution in [1.29, 1.82) is 0 Å². The van der Waals surface area contributed by atoms with Crippen LogP contribution in [-0.4, -0.2) is 28.8 Å². The first kappa shape index (κ1) is 14.2. The number of hydrogen-bond acceptors (Lipinski definition) is 2. The number of H-pyrrole nitrogens is 1. The quantitative estimate of drug-likeness (QED) is 0.803. The summed E-state index contributed by atoms with van der Waals surface area (Å²) in [6.45, 7) is 4.06. The van der Waals surface area contributed by atoms with Gasteiger partial charge in [0.05, 0.1) is 16.6 Å². The van der Waals surface area contributed by atoms with Crippen molar-refractivity contribution in [3.05, 3.63) is 76.7 Å². The van der Waals surface area contributed by atoms with Gasteiger partial charge < -0.3 is 4.90 Å². The molecule has 0 radical (unpaired) electrons. The van der Waals surface area contributed by atoms with Crippen LogP contribution in [0.15, 0.2) is 65.6 Å². The van der Waals surface area contributed by atoms with Gasteiger partial charge in [-0.2, -0.15) is 0 Å². The highest BCUT2D eigenvalue weighted by atomic mass is 16.1. The number of rotatable bonds is 4. The number of hydrogen-bond donors (Lipinski definition) is 1. The zero-order valence-electron chi connectivity index (χ0n) is 12.8. The van der Waals surface area contributed by atoms with Gasteiger partial charge in [0.15, 0.2) is 0 Å². The second kappa shape index (κ2) is 5.56. The van der Waals surface area contributed by atoms with Gasteiger partial charge in [0.2, 0.25) is 0 Å². The van der Waals surface area contributed by atoms with E-state index in [4.69, 9.17) is 0 Å². The first-order valence-electron chi connectivity index (χ1n) is 7.21. The maximum absolute atomic E-state index is 12.4. The molecule has 0 aliphatic heterocycles. The van der Waals surface area contributed by atoms with Crippen LogP contribution in [0.4, 0.5) is 0 Å². The number of aromatic nitrogens is 2. The lowest BCUT2D eigenvalue weighted by atomic mass is 10.1. The Morgan fingerprint density at radius 2 is 1.86 bits per heavy atom. The van der Waals surface area contributed by atoms with E-state index in [1.54, 1.807) is 0 Å². The van der Waals surface area contributed by atoms with Gasteiger partial charge in [0.1, 0.15) is 0 Å². The largest absolute Gasteiger partial charge is 0.381 e. The molecule has 0 amide bonds. The number of nitrogens with zero attached hydrogens (tertiary/aromatic N) is 2. The van der Waals surface area contributed by atoms with Crippen molar-refractivity contribution in [2.45, 2.75) is 6.42 Å². The summed E-state index contributed by atoms with van der Waals surface area (Å²) in [5, 5.41) is 3.66. The van der Waals surface area contributed by atoms with Crippen molar-refractivity contribution in [1.82, 2.24) is 14.7 Å². The molecule has 3 rings (SSSR count). The van der Waals surface area contributed by atoms with Gasteiger partial charge in [-0.25, -0.2) is 0 Å². The molecule has 1 aromatic heterocycles. The van der Waals surface area contributed by atoms with Gasteiger partial charge in [-0.05, 0) is 23.8 Å². The van der Waals surface area contributed by atoms with Crippen LogP contribution in [0.2, 0.25) is 0 Å². The molecular weight excluding hydrogens is 274 g/mol. The lowest BCUT2D eigenvalue weighted by Gasteiger charge is -2.15. The van der Waals surface area contributed by atoms with Crippen molar-refractivity contribution < 1.29 is 0 Å². The normalized spacial score (nSPS) is 10.8. The van der Waals surface area contributed by atoms with Gasteiger partial charge in [0.25, 0.3) is 5.56 Å². The summed E-state index contributed by atoms with van der Waals surface area (Å²) in [6, 6.07) is 15.7. The lowest BCUT2D eigenvalue weighted by Crippen LogP contribution is -2.13. The smallest absolute Gasteiger partial charge is 0.272 e. The summed E-state index contributed by atoms with van der Waals surface area (Å²) in [5.41, 5.74) is 3.73. The van der Waals surface area contributed by atoms with Crippen LogP contribution in [0.3, 0.4) is 0 Å². The fourth-order valence-corrected chi connectivity index (χ4v) is 2.56. The Labute approximate surface area is 129 Å². The van der Waals surface area contributed by atoms with E-state index in [9.17, 15) is 4.79 Å². The standard InChI is InChI=1S/C18H19N3O/c1-13(20(2)3)12-14-8-7-11-16-17(14)18(22)19-21(16)15-9-5-4-6-10-15/h4-11H,1,12H2,2-3H3,(H,19,22). The number of aromatic amines is 1. The molecule has 0 unspecified atom stereocenters. The predicted molar refractivity (Wildman–Crippen MR) is 90.4 cm³/mol. The van der Waals surface area contributed by atoms with Gasteiger partial charge >= 0.3 is 0 Å². The maximum Gasteiger partial charge on any atom is 0.272 e. The summed E-state index contributed by atoms with van der Waals surface area (Å²) in [5.74, 6) is 0. The third-order valence-electron chi connectivity index (χ3n) is 3.85. The van der Waals surface area contributed by atoms with Gasteiger partial charge in [0, 0.05) is 26.2 Å². The minimum absolute atomic E-state index is 0.0685. The number of likely N-dealkylation sites (N-methyl/N-ethyl adjacent to an activating group) is 1. The van der Waals surface area contributed by atoms with E-state index in [1.165, 1.54) is 0 Å². The Balaban J connectivity index is 2.17. The maximum atomic E-state index is 12.4. The average Bonchev–Trinajstić information content (AvgIpc) is 2.86. The van der Waals surface area contributed by atoms with Crippen molar-refractivity contribution in [3.8, 4) is 5.69 Å². The van der Waals surface area contributed by atoms with Crippen LogP contribution in [0, 0.1) is 0 Å². The molecule has 4 nitrogen and oxygen atoms in total. The Kier molecular flexibility index (Phi) is 3.59. The molecule has 2 aromatic carbocycles. The van der Waals surface area contributed by atoms with Crippen molar-refractivity contribution in [3.63, 3.8) is 0 Å². The SMILES string of the molecule is C=C(Cc1cccc2c1c(=O)[nH]n2-c1ccccc1)N(C)C. The number of nitrogens with one attached hydrogen (secondary N) is 1. The third kappa shape index (κ3) is 2.44.